The number of nitrogens with zero attached hydrogens (tertiary/aromatic N) is 1. The smallest absolute Gasteiger partial charge is 0.0615 e. The van der Waals surface area contributed by atoms with Gasteiger partial charge in [-0.1, -0.05) is 26.7 Å². The van der Waals surface area contributed by atoms with Gasteiger partial charge in [0.1, 0.15) is 0 Å². The lowest BCUT2D eigenvalue weighted by Gasteiger charge is -2.46. The standard InChI is InChI=1S/C15H32N2O/c1-5-17(14(3)11-18-4)15(12-16)9-6-7-13(2)8-10-15/h13-14H,5-12,16H2,1-4H3. The second-order valence-corrected chi connectivity index (χ2v) is 6.05. The highest BCUT2D eigenvalue weighted by molar-refractivity contribution is 4.95. The highest BCUT2D eigenvalue weighted by Crippen LogP contribution is 2.35. The summed E-state index contributed by atoms with van der Waals surface area (Å²) in [5.74, 6) is 0.856. The number of methoxy groups -OCH3 is 1. The molecule has 0 heterocycles. The van der Waals surface area contributed by atoms with Gasteiger partial charge in [0.05, 0.1) is 6.61 Å². The van der Waals surface area contributed by atoms with Gasteiger partial charge in [-0.25, -0.2) is 0 Å². The van der Waals surface area contributed by atoms with Crippen molar-refractivity contribution in [3.8, 4) is 0 Å². The highest BCUT2D eigenvalue weighted by atomic mass is 16.5. The van der Waals surface area contributed by atoms with Crippen LogP contribution in [-0.4, -0.2) is 43.3 Å². The van der Waals surface area contributed by atoms with Gasteiger partial charge in [-0.15, -0.1) is 0 Å². The molecule has 18 heavy (non-hydrogen) atoms. The lowest BCUT2D eigenvalue weighted by Crippen LogP contribution is -2.57. The van der Waals surface area contributed by atoms with Gasteiger partial charge in [0.25, 0.3) is 0 Å². The van der Waals surface area contributed by atoms with Crippen LogP contribution in [0.1, 0.15) is 52.9 Å². The molecule has 1 fully saturated rings. The molecular formula is C15H32N2O. The average molecular weight is 256 g/mol. The Labute approximate surface area is 113 Å². The molecule has 0 aromatic rings. The Morgan fingerprint density at radius 2 is 2.11 bits per heavy atom. The van der Waals surface area contributed by atoms with E-state index >= 15 is 0 Å². The summed E-state index contributed by atoms with van der Waals surface area (Å²) in [4.78, 5) is 2.59. The summed E-state index contributed by atoms with van der Waals surface area (Å²) in [5, 5.41) is 0. The lowest BCUT2D eigenvalue weighted by atomic mass is 9.86. The summed E-state index contributed by atoms with van der Waals surface area (Å²) in [7, 11) is 1.79. The zero-order valence-corrected chi connectivity index (χ0v) is 12.7. The molecule has 0 aromatic carbocycles. The van der Waals surface area contributed by atoms with Crippen molar-refractivity contribution in [2.75, 3.05) is 26.8 Å². The largest absolute Gasteiger partial charge is 0.383 e. The number of likely N-dealkylation sites (N-methyl/N-ethyl adjacent to an activating group) is 1. The van der Waals surface area contributed by atoms with E-state index in [0.29, 0.717) is 6.04 Å². The van der Waals surface area contributed by atoms with Crippen LogP contribution in [0.3, 0.4) is 0 Å². The van der Waals surface area contributed by atoms with Crippen molar-refractivity contribution in [2.24, 2.45) is 11.7 Å². The van der Waals surface area contributed by atoms with Crippen LogP contribution in [0.2, 0.25) is 0 Å². The molecule has 0 spiro atoms. The Kier molecular flexibility index (Phi) is 6.61. The van der Waals surface area contributed by atoms with Gasteiger partial charge in [0, 0.05) is 25.2 Å². The zero-order chi connectivity index (χ0) is 13.6. The van der Waals surface area contributed by atoms with Crippen LogP contribution >= 0.6 is 0 Å². The van der Waals surface area contributed by atoms with Crippen LogP contribution in [0.4, 0.5) is 0 Å². The fourth-order valence-electron chi connectivity index (χ4n) is 3.62. The molecule has 0 aromatic heterocycles. The van der Waals surface area contributed by atoms with Gasteiger partial charge < -0.3 is 10.5 Å². The molecule has 1 aliphatic carbocycles. The van der Waals surface area contributed by atoms with Crippen LogP contribution in [-0.2, 0) is 4.74 Å². The summed E-state index contributed by atoms with van der Waals surface area (Å²) in [5.41, 5.74) is 6.39. The summed E-state index contributed by atoms with van der Waals surface area (Å²) in [6.07, 6.45) is 6.47. The van der Waals surface area contributed by atoms with E-state index in [-0.39, 0.29) is 5.54 Å². The second kappa shape index (κ2) is 7.46. The maximum absolute atomic E-state index is 6.18. The molecule has 108 valence electrons. The zero-order valence-electron chi connectivity index (χ0n) is 12.7. The van der Waals surface area contributed by atoms with Crippen molar-refractivity contribution >= 4 is 0 Å². The van der Waals surface area contributed by atoms with E-state index in [9.17, 15) is 0 Å². The predicted octanol–water partition coefficient (Wildman–Crippen LogP) is 2.64. The number of hydrogen-bond acceptors (Lipinski definition) is 3. The highest BCUT2D eigenvalue weighted by Gasteiger charge is 2.38. The summed E-state index contributed by atoms with van der Waals surface area (Å²) in [6.45, 7) is 9.53. The van der Waals surface area contributed by atoms with Crippen molar-refractivity contribution in [3.05, 3.63) is 0 Å². The van der Waals surface area contributed by atoms with E-state index in [1.165, 1.54) is 32.1 Å². The molecule has 1 aliphatic rings. The van der Waals surface area contributed by atoms with Gasteiger partial charge in [-0.05, 0) is 38.6 Å². The predicted molar refractivity (Wildman–Crippen MR) is 77.8 cm³/mol. The summed E-state index contributed by atoms with van der Waals surface area (Å²) < 4.78 is 5.34. The Morgan fingerprint density at radius 1 is 1.39 bits per heavy atom. The number of ether oxygens (including phenoxy) is 1. The van der Waals surface area contributed by atoms with Crippen molar-refractivity contribution < 1.29 is 4.74 Å². The third-order valence-electron chi connectivity index (χ3n) is 4.71. The molecule has 1 rings (SSSR count). The van der Waals surface area contributed by atoms with E-state index in [0.717, 1.165) is 25.6 Å². The molecule has 3 heteroatoms. The third-order valence-corrected chi connectivity index (χ3v) is 4.71. The fourth-order valence-corrected chi connectivity index (χ4v) is 3.62. The quantitative estimate of drug-likeness (QED) is 0.743. The van der Waals surface area contributed by atoms with E-state index in [4.69, 9.17) is 10.5 Å². The first-order valence-electron chi connectivity index (χ1n) is 7.55. The summed E-state index contributed by atoms with van der Waals surface area (Å²) in [6, 6.07) is 0.456. The lowest BCUT2D eigenvalue weighted by molar-refractivity contribution is 0.0106. The van der Waals surface area contributed by atoms with Gasteiger partial charge in [0.15, 0.2) is 0 Å². The molecule has 3 unspecified atom stereocenters. The molecule has 0 bridgehead atoms. The molecule has 0 saturated heterocycles. The van der Waals surface area contributed by atoms with Crippen LogP contribution in [0, 0.1) is 5.92 Å². The maximum atomic E-state index is 6.18. The average Bonchev–Trinajstić information content (AvgIpc) is 2.54. The molecule has 1 saturated carbocycles. The number of rotatable bonds is 6. The van der Waals surface area contributed by atoms with Crippen molar-refractivity contribution in [3.63, 3.8) is 0 Å². The molecule has 3 nitrogen and oxygen atoms in total. The van der Waals surface area contributed by atoms with Crippen molar-refractivity contribution in [2.45, 2.75) is 64.5 Å². The summed E-state index contributed by atoms with van der Waals surface area (Å²) >= 11 is 0. The van der Waals surface area contributed by atoms with Gasteiger partial charge in [0.2, 0.25) is 0 Å². The van der Waals surface area contributed by atoms with Crippen LogP contribution < -0.4 is 5.73 Å². The number of hydrogen-bond donors (Lipinski definition) is 1. The van der Waals surface area contributed by atoms with Crippen LogP contribution in [0.25, 0.3) is 0 Å². The SMILES string of the molecule is CCN(C(C)COC)C1(CN)CCCC(C)CC1. The minimum Gasteiger partial charge on any atom is -0.383 e. The van der Waals surface area contributed by atoms with Crippen LogP contribution in [0.5, 0.6) is 0 Å². The Morgan fingerprint density at radius 3 is 2.67 bits per heavy atom. The molecule has 0 radical (unpaired) electrons. The first-order chi connectivity index (χ1) is 8.59. The Bertz CT molecular complexity index is 235. The molecule has 3 atom stereocenters. The van der Waals surface area contributed by atoms with Crippen LogP contribution in [0.15, 0.2) is 0 Å². The molecular weight excluding hydrogens is 224 g/mol. The van der Waals surface area contributed by atoms with E-state index in [2.05, 4.69) is 25.7 Å². The van der Waals surface area contributed by atoms with Crippen molar-refractivity contribution in [1.29, 1.82) is 0 Å². The van der Waals surface area contributed by atoms with E-state index < -0.39 is 0 Å². The third kappa shape index (κ3) is 3.69. The first-order valence-corrected chi connectivity index (χ1v) is 7.55. The minimum absolute atomic E-state index is 0.206. The Balaban J connectivity index is 2.81. The monoisotopic (exact) mass is 256 g/mol. The van der Waals surface area contributed by atoms with E-state index in [1.807, 2.05) is 0 Å². The fraction of sp³-hybridized carbons (Fsp3) is 1.00. The van der Waals surface area contributed by atoms with Crippen molar-refractivity contribution in [1.82, 2.24) is 4.90 Å². The maximum Gasteiger partial charge on any atom is 0.0615 e. The van der Waals surface area contributed by atoms with Gasteiger partial charge >= 0.3 is 0 Å². The second-order valence-electron chi connectivity index (χ2n) is 6.05. The van der Waals surface area contributed by atoms with E-state index in [1.54, 1.807) is 7.11 Å². The minimum atomic E-state index is 0.206. The van der Waals surface area contributed by atoms with Gasteiger partial charge in [-0.3, -0.25) is 4.90 Å². The Hall–Kier alpha value is -0.120. The molecule has 0 aliphatic heterocycles. The molecule has 0 amide bonds. The topological polar surface area (TPSA) is 38.5 Å². The normalized spacial score (nSPS) is 31.3. The van der Waals surface area contributed by atoms with Gasteiger partial charge in [-0.2, -0.15) is 0 Å². The first kappa shape index (κ1) is 15.9. The molecule has 2 N–H and O–H groups in total. The number of nitrogens with two attached hydrogens (primary N) is 1.